The van der Waals surface area contributed by atoms with Gasteiger partial charge in [0.25, 0.3) is 0 Å². The molecular weight excluding hydrogens is 268 g/mol. The molecule has 1 aliphatic carbocycles. The smallest absolute Gasteiger partial charge is 0.0319 e. The normalized spacial score (nSPS) is 21.0. The Morgan fingerprint density at radius 3 is 1.95 bits per heavy atom. The summed E-state index contributed by atoms with van der Waals surface area (Å²) < 4.78 is 0. The van der Waals surface area contributed by atoms with Crippen LogP contribution in [-0.2, 0) is 6.42 Å². The standard InChI is InChI=1S/C18H28.C2H4.CH4O/c1-5-14-10-12-15(13-11-14)16-8-6-7-9-17(16)18(2,3)4;2*1-2/h10-13,16-17H,5-9H2,1-4H3;1-2H2;2H,1H3. The first-order valence-electron chi connectivity index (χ1n) is 8.56. The van der Waals surface area contributed by atoms with Crippen LogP contribution in [0.15, 0.2) is 37.4 Å². The fraction of sp³-hybridized carbons (Fsp3) is 0.619. The zero-order valence-corrected chi connectivity index (χ0v) is 15.4. The highest BCUT2D eigenvalue weighted by Gasteiger charge is 2.34. The number of rotatable bonds is 2. The molecule has 0 heterocycles. The van der Waals surface area contributed by atoms with Crippen molar-refractivity contribution < 1.29 is 5.11 Å². The van der Waals surface area contributed by atoms with Gasteiger partial charge in [-0.25, -0.2) is 0 Å². The van der Waals surface area contributed by atoms with E-state index in [9.17, 15) is 0 Å². The third kappa shape index (κ3) is 5.96. The Balaban J connectivity index is 0.00000102. The molecule has 0 saturated heterocycles. The van der Waals surface area contributed by atoms with E-state index >= 15 is 0 Å². The van der Waals surface area contributed by atoms with Crippen molar-refractivity contribution in [2.75, 3.05) is 7.11 Å². The van der Waals surface area contributed by atoms with E-state index in [0.29, 0.717) is 5.41 Å². The number of hydrogen-bond acceptors (Lipinski definition) is 1. The highest BCUT2D eigenvalue weighted by atomic mass is 16.2. The molecule has 1 aliphatic rings. The Hall–Kier alpha value is -1.08. The molecule has 0 radical (unpaired) electrons. The van der Waals surface area contributed by atoms with Gasteiger partial charge in [0.15, 0.2) is 0 Å². The molecule has 0 aromatic heterocycles. The van der Waals surface area contributed by atoms with Crippen LogP contribution in [0.25, 0.3) is 0 Å². The first-order valence-corrected chi connectivity index (χ1v) is 8.56. The molecule has 2 rings (SSSR count). The zero-order chi connectivity index (χ0) is 17.2. The minimum absolute atomic E-state index is 0.439. The predicted molar refractivity (Wildman–Crippen MR) is 99.4 cm³/mol. The van der Waals surface area contributed by atoms with E-state index in [0.717, 1.165) is 25.4 Å². The van der Waals surface area contributed by atoms with Gasteiger partial charge in [0.05, 0.1) is 0 Å². The van der Waals surface area contributed by atoms with Crippen molar-refractivity contribution in [1.29, 1.82) is 0 Å². The average molecular weight is 305 g/mol. The lowest BCUT2D eigenvalue weighted by atomic mass is 9.64. The monoisotopic (exact) mass is 304 g/mol. The molecule has 1 aromatic carbocycles. The van der Waals surface area contributed by atoms with E-state index in [1.807, 2.05) is 0 Å². The van der Waals surface area contributed by atoms with Gasteiger partial charge in [-0.2, -0.15) is 0 Å². The van der Waals surface area contributed by atoms with E-state index in [1.165, 1.54) is 31.2 Å². The molecule has 0 aliphatic heterocycles. The van der Waals surface area contributed by atoms with Gasteiger partial charge in [-0.05, 0) is 47.6 Å². The summed E-state index contributed by atoms with van der Waals surface area (Å²) in [5.74, 6) is 1.63. The van der Waals surface area contributed by atoms with E-state index in [2.05, 4.69) is 65.1 Å². The van der Waals surface area contributed by atoms with Crippen LogP contribution in [0.5, 0.6) is 0 Å². The summed E-state index contributed by atoms with van der Waals surface area (Å²) in [7, 11) is 1.00. The van der Waals surface area contributed by atoms with Crippen molar-refractivity contribution >= 4 is 0 Å². The molecule has 1 fully saturated rings. The predicted octanol–water partition coefficient (Wildman–Crippen LogP) is 5.98. The highest BCUT2D eigenvalue weighted by Crippen LogP contribution is 2.46. The molecular formula is C21H36O. The first-order chi connectivity index (χ1) is 10.5. The fourth-order valence-electron chi connectivity index (χ4n) is 3.57. The molecule has 0 bridgehead atoms. The topological polar surface area (TPSA) is 20.2 Å². The number of benzene rings is 1. The van der Waals surface area contributed by atoms with Gasteiger partial charge in [0, 0.05) is 7.11 Å². The van der Waals surface area contributed by atoms with Crippen LogP contribution in [0.1, 0.15) is 70.4 Å². The Bertz CT molecular complexity index is 385. The van der Waals surface area contributed by atoms with Gasteiger partial charge in [0.2, 0.25) is 0 Å². The lowest BCUT2D eigenvalue weighted by Gasteiger charge is -2.41. The van der Waals surface area contributed by atoms with Crippen molar-refractivity contribution in [1.82, 2.24) is 0 Å². The summed E-state index contributed by atoms with van der Waals surface area (Å²) in [5.41, 5.74) is 3.47. The second-order valence-electron chi connectivity index (χ2n) is 6.96. The molecule has 0 amide bonds. The van der Waals surface area contributed by atoms with Crippen molar-refractivity contribution in [3.8, 4) is 0 Å². The minimum Gasteiger partial charge on any atom is -0.400 e. The summed E-state index contributed by atoms with van der Waals surface area (Å²) in [4.78, 5) is 0. The number of aryl methyl sites for hydroxylation is 1. The van der Waals surface area contributed by atoms with Crippen LogP contribution >= 0.6 is 0 Å². The number of hydrogen-bond donors (Lipinski definition) is 1. The quantitative estimate of drug-likeness (QED) is 0.666. The second kappa shape index (κ2) is 10.6. The summed E-state index contributed by atoms with van der Waals surface area (Å²) in [6, 6.07) is 9.41. The molecule has 1 nitrogen and oxygen atoms in total. The Labute approximate surface area is 138 Å². The van der Waals surface area contributed by atoms with E-state index in [4.69, 9.17) is 5.11 Å². The van der Waals surface area contributed by atoms with Crippen molar-refractivity contribution in [2.45, 2.75) is 65.7 Å². The molecule has 1 N–H and O–H groups in total. The van der Waals surface area contributed by atoms with E-state index < -0.39 is 0 Å². The van der Waals surface area contributed by atoms with Gasteiger partial charge in [-0.1, -0.05) is 64.8 Å². The van der Waals surface area contributed by atoms with Crippen LogP contribution in [0, 0.1) is 11.3 Å². The molecule has 0 spiro atoms. The summed E-state index contributed by atoms with van der Waals surface area (Å²) >= 11 is 0. The van der Waals surface area contributed by atoms with Crippen molar-refractivity contribution in [3.05, 3.63) is 48.6 Å². The molecule has 1 aromatic rings. The summed E-state index contributed by atoms with van der Waals surface area (Å²) in [6.07, 6.45) is 6.77. The SMILES string of the molecule is C=C.CCc1ccc(C2CCCCC2C(C)(C)C)cc1.CO. The maximum atomic E-state index is 7.00. The van der Waals surface area contributed by atoms with Gasteiger partial charge in [-0.15, -0.1) is 13.2 Å². The lowest BCUT2D eigenvalue weighted by molar-refractivity contribution is 0.151. The van der Waals surface area contributed by atoms with Crippen LogP contribution < -0.4 is 0 Å². The van der Waals surface area contributed by atoms with Crippen LogP contribution in [0.2, 0.25) is 0 Å². The van der Waals surface area contributed by atoms with E-state index in [-0.39, 0.29) is 0 Å². The Morgan fingerprint density at radius 2 is 1.50 bits per heavy atom. The third-order valence-corrected chi connectivity index (χ3v) is 4.69. The zero-order valence-electron chi connectivity index (χ0n) is 15.4. The van der Waals surface area contributed by atoms with Crippen molar-refractivity contribution in [3.63, 3.8) is 0 Å². The van der Waals surface area contributed by atoms with Gasteiger partial charge < -0.3 is 5.11 Å². The maximum Gasteiger partial charge on any atom is 0.0319 e. The number of aliphatic hydroxyl groups excluding tert-OH is 1. The Kier molecular flexibility index (Phi) is 10.1. The maximum absolute atomic E-state index is 7.00. The van der Waals surface area contributed by atoms with E-state index in [1.54, 1.807) is 5.56 Å². The van der Waals surface area contributed by atoms with Crippen LogP contribution in [0.3, 0.4) is 0 Å². The minimum atomic E-state index is 0.439. The second-order valence-corrected chi connectivity index (χ2v) is 6.96. The summed E-state index contributed by atoms with van der Waals surface area (Å²) in [5, 5.41) is 7.00. The highest BCUT2D eigenvalue weighted by molar-refractivity contribution is 5.26. The molecule has 2 atom stereocenters. The molecule has 1 saturated carbocycles. The van der Waals surface area contributed by atoms with Crippen LogP contribution in [0.4, 0.5) is 0 Å². The molecule has 1 heteroatoms. The van der Waals surface area contributed by atoms with Crippen LogP contribution in [-0.4, -0.2) is 12.2 Å². The van der Waals surface area contributed by atoms with Gasteiger partial charge >= 0.3 is 0 Å². The Morgan fingerprint density at radius 1 is 1.00 bits per heavy atom. The largest absolute Gasteiger partial charge is 0.400 e. The third-order valence-electron chi connectivity index (χ3n) is 4.69. The molecule has 126 valence electrons. The summed E-state index contributed by atoms with van der Waals surface area (Å²) in [6.45, 7) is 15.5. The van der Waals surface area contributed by atoms with Gasteiger partial charge in [-0.3, -0.25) is 0 Å². The average Bonchev–Trinajstić information content (AvgIpc) is 2.58. The molecule has 2 unspecified atom stereocenters. The fourth-order valence-corrected chi connectivity index (χ4v) is 3.57. The first kappa shape index (κ1) is 20.9. The van der Waals surface area contributed by atoms with Gasteiger partial charge in [0.1, 0.15) is 0 Å². The lowest BCUT2D eigenvalue weighted by Crippen LogP contribution is -2.29. The van der Waals surface area contributed by atoms with Crippen molar-refractivity contribution in [2.24, 2.45) is 11.3 Å². The molecule has 22 heavy (non-hydrogen) atoms. The number of aliphatic hydroxyl groups is 1.